The van der Waals surface area contributed by atoms with Gasteiger partial charge in [0.15, 0.2) is 11.2 Å². The van der Waals surface area contributed by atoms with Gasteiger partial charge in [0.25, 0.3) is 0 Å². The predicted octanol–water partition coefficient (Wildman–Crippen LogP) is 8.00. The van der Waals surface area contributed by atoms with Gasteiger partial charge in [-0.15, -0.1) is 10.2 Å². The van der Waals surface area contributed by atoms with Crippen LogP contribution in [0.3, 0.4) is 0 Å². The van der Waals surface area contributed by atoms with Crippen molar-refractivity contribution in [1.82, 2.24) is 50.4 Å². The van der Waals surface area contributed by atoms with Gasteiger partial charge < -0.3 is 10.2 Å². The number of aliphatic hydroxyl groups is 2. The van der Waals surface area contributed by atoms with E-state index in [9.17, 15) is 27.8 Å². The summed E-state index contributed by atoms with van der Waals surface area (Å²) in [5.74, 6) is -12.8. The van der Waals surface area contributed by atoms with Crippen molar-refractivity contribution in [3.63, 3.8) is 0 Å². The van der Waals surface area contributed by atoms with Crippen molar-refractivity contribution in [3.8, 4) is 22.3 Å². The number of pyridine rings is 2. The summed E-state index contributed by atoms with van der Waals surface area (Å²) < 4.78 is 120. The van der Waals surface area contributed by atoms with Crippen molar-refractivity contribution >= 4 is 0 Å². The second-order valence-corrected chi connectivity index (χ2v) is 14.7. The van der Waals surface area contributed by atoms with E-state index >= 15 is 17.6 Å². The summed E-state index contributed by atoms with van der Waals surface area (Å²) in [6.45, 7) is 2.03. The van der Waals surface area contributed by atoms with Crippen LogP contribution in [0.1, 0.15) is 33.6 Å². The van der Waals surface area contributed by atoms with Crippen molar-refractivity contribution < 1.29 is 45.3 Å². The molecule has 64 heavy (non-hydrogen) atoms. The van der Waals surface area contributed by atoms with Crippen molar-refractivity contribution in [2.45, 2.75) is 50.0 Å². The highest BCUT2D eigenvalue weighted by Gasteiger charge is 2.59. The molecule has 0 spiro atoms. The first kappa shape index (κ1) is 44.7. The molecule has 2 atom stereocenters. The molecular formula is C44H34F8N10O2. The van der Waals surface area contributed by atoms with Crippen LogP contribution in [-0.4, -0.2) is 60.6 Å². The molecule has 2 N–H and O–H groups in total. The highest BCUT2D eigenvalue weighted by molar-refractivity contribution is 5.63. The van der Waals surface area contributed by atoms with Gasteiger partial charge in [-0.05, 0) is 82.2 Å². The molecule has 4 aromatic heterocycles. The van der Waals surface area contributed by atoms with E-state index in [1.165, 1.54) is 24.5 Å². The molecule has 0 amide bonds. The third-order valence-corrected chi connectivity index (χ3v) is 10.3. The van der Waals surface area contributed by atoms with Crippen LogP contribution in [0.5, 0.6) is 0 Å². The van der Waals surface area contributed by atoms with Crippen LogP contribution in [0, 0.1) is 37.1 Å². The van der Waals surface area contributed by atoms with E-state index < -0.39 is 81.9 Å². The number of hydrogen-bond acceptors (Lipinski definition) is 10. The summed E-state index contributed by atoms with van der Waals surface area (Å²) in [7, 11) is 0. The second-order valence-electron chi connectivity index (χ2n) is 14.7. The van der Waals surface area contributed by atoms with E-state index in [0.717, 1.165) is 80.7 Å². The van der Waals surface area contributed by atoms with Gasteiger partial charge in [-0.1, -0.05) is 71.8 Å². The Labute approximate surface area is 358 Å². The third-order valence-electron chi connectivity index (χ3n) is 10.3. The van der Waals surface area contributed by atoms with Crippen LogP contribution in [0.4, 0.5) is 35.1 Å². The Morgan fingerprint density at radius 2 is 0.844 bits per heavy atom. The summed E-state index contributed by atoms with van der Waals surface area (Å²) in [6.07, 6.45) is 4.48. The molecule has 4 aromatic carbocycles. The Morgan fingerprint density at radius 1 is 0.484 bits per heavy atom. The maximum Gasteiger partial charge on any atom is 0.323 e. The molecule has 4 heterocycles. The number of hydrogen-bond donors (Lipinski definition) is 2. The Hall–Kier alpha value is -7.32. The zero-order chi connectivity index (χ0) is 45.9. The molecule has 20 heteroatoms. The maximum absolute atomic E-state index is 15.7. The lowest BCUT2D eigenvalue weighted by Crippen LogP contribution is -2.48. The topological polar surface area (TPSA) is 153 Å². The van der Waals surface area contributed by atoms with Crippen LogP contribution >= 0.6 is 0 Å². The number of rotatable bonds is 12. The molecule has 0 aliphatic carbocycles. The fourth-order valence-electron chi connectivity index (χ4n) is 6.75. The number of tetrazole rings is 2. The summed E-state index contributed by atoms with van der Waals surface area (Å²) >= 11 is 0. The lowest BCUT2D eigenvalue weighted by Gasteiger charge is -2.35. The lowest BCUT2D eigenvalue weighted by molar-refractivity contribution is -0.207. The number of benzene rings is 4. The fraction of sp³-hybridized carbons (Fsp3) is 0.182. The van der Waals surface area contributed by atoms with E-state index in [2.05, 4.69) is 41.0 Å². The Bertz CT molecular complexity index is 2620. The molecule has 0 unspecified atom stereocenters. The van der Waals surface area contributed by atoms with Crippen LogP contribution < -0.4 is 0 Å². The quantitative estimate of drug-likeness (QED) is 0.115. The first-order valence-corrected chi connectivity index (χ1v) is 19.0. The van der Waals surface area contributed by atoms with Gasteiger partial charge in [0.1, 0.15) is 47.3 Å². The zero-order valence-electron chi connectivity index (χ0n) is 33.5. The van der Waals surface area contributed by atoms with E-state index in [1.54, 1.807) is 0 Å². The Balaban J connectivity index is 0.000000191. The number of halogens is 8. The van der Waals surface area contributed by atoms with Gasteiger partial charge >= 0.3 is 11.8 Å². The number of aromatic nitrogens is 10. The van der Waals surface area contributed by atoms with Gasteiger partial charge in [0.2, 0.25) is 0 Å². The molecule has 0 fully saturated rings. The molecule has 0 aliphatic heterocycles. The maximum atomic E-state index is 15.7. The van der Waals surface area contributed by atoms with Gasteiger partial charge in [0.05, 0.1) is 13.1 Å². The number of aryl methyl sites for hydroxylation is 2. The monoisotopic (exact) mass is 886 g/mol. The van der Waals surface area contributed by atoms with Crippen LogP contribution in [0.15, 0.2) is 134 Å². The Kier molecular flexibility index (Phi) is 12.4. The number of alkyl halides is 4. The first-order chi connectivity index (χ1) is 30.4. The summed E-state index contributed by atoms with van der Waals surface area (Å²) in [6, 6.07) is 23.7. The Morgan fingerprint density at radius 3 is 1.14 bits per heavy atom. The van der Waals surface area contributed by atoms with E-state index in [0.29, 0.717) is 23.3 Å². The summed E-state index contributed by atoms with van der Waals surface area (Å²) in [5, 5.41) is 42.7. The van der Waals surface area contributed by atoms with Crippen molar-refractivity contribution in [3.05, 3.63) is 191 Å². The van der Waals surface area contributed by atoms with Crippen molar-refractivity contribution in [1.29, 1.82) is 0 Å². The highest BCUT2D eigenvalue weighted by atomic mass is 19.3. The molecule has 8 aromatic rings. The lowest BCUT2D eigenvalue weighted by atomic mass is 9.84. The van der Waals surface area contributed by atoms with E-state index in [1.807, 2.05) is 62.4 Å². The fourth-order valence-corrected chi connectivity index (χ4v) is 6.75. The average molecular weight is 887 g/mol. The largest absolute Gasteiger partial charge is 0.377 e. The molecule has 0 bridgehead atoms. The molecular weight excluding hydrogens is 853 g/mol. The summed E-state index contributed by atoms with van der Waals surface area (Å²) in [4.78, 5) is 7.70. The van der Waals surface area contributed by atoms with Gasteiger partial charge in [-0.25, -0.2) is 26.9 Å². The van der Waals surface area contributed by atoms with E-state index in [4.69, 9.17) is 0 Å². The smallest absolute Gasteiger partial charge is 0.323 e. The molecule has 12 nitrogen and oxygen atoms in total. The molecule has 0 radical (unpaired) electrons. The van der Waals surface area contributed by atoms with Crippen molar-refractivity contribution in [2.24, 2.45) is 0 Å². The first-order valence-electron chi connectivity index (χ1n) is 19.0. The SMILES string of the molecule is Cc1ccc(-c2ccc(C(F)(F)[C@@](O)(Cn3cnnn3)c3ccc(F)cc3F)nc2)cc1.Cc1ccc(-c2ccc(C(F)(F)[C@](O)(Cn3cnnn3)c3ccc(F)cc3F)nc2)cc1. The molecule has 0 aliphatic rings. The minimum Gasteiger partial charge on any atom is -0.377 e. The second kappa shape index (κ2) is 17.8. The zero-order valence-corrected chi connectivity index (χ0v) is 33.5. The normalized spacial score (nSPS) is 13.7. The summed E-state index contributed by atoms with van der Waals surface area (Å²) in [5.41, 5.74) is -4.77. The average Bonchev–Trinajstić information content (AvgIpc) is 3.99. The predicted molar refractivity (Wildman–Crippen MR) is 213 cm³/mol. The van der Waals surface area contributed by atoms with Crippen LogP contribution in [-0.2, 0) is 36.1 Å². The molecule has 0 saturated carbocycles. The third kappa shape index (κ3) is 8.95. The highest BCUT2D eigenvalue weighted by Crippen LogP contribution is 2.48. The van der Waals surface area contributed by atoms with E-state index in [-0.39, 0.29) is 0 Å². The minimum atomic E-state index is -4.09. The molecule has 0 saturated heterocycles. The van der Waals surface area contributed by atoms with Gasteiger partial charge in [0, 0.05) is 46.8 Å². The van der Waals surface area contributed by atoms with Gasteiger partial charge in [-0.3, -0.25) is 9.97 Å². The minimum absolute atomic E-state index is 0.421. The molecule has 328 valence electrons. The van der Waals surface area contributed by atoms with Gasteiger partial charge in [-0.2, -0.15) is 17.6 Å². The number of nitrogens with zero attached hydrogens (tertiary/aromatic N) is 10. The van der Waals surface area contributed by atoms with Crippen LogP contribution in [0.2, 0.25) is 0 Å². The van der Waals surface area contributed by atoms with Crippen LogP contribution in [0.25, 0.3) is 22.3 Å². The molecule has 8 rings (SSSR count). The van der Waals surface area contributed by atoms with Crippen molar-refractivity contribution in [2.75, 3.05) is 0 Å². The standard InChI is InChI=1S/2C22H17F4N5O/c2*1-14-2-4-15(5-3-14)16-6-9-20(27-11-16)22(25,26)21(32,12-31-13-28-29-30-31)18-8-7-17(23)10-19(18)24/h2*2-11,13,32H,12H2,1H3/t2*21-/m10/s1.